The Morgan fingerprint density at radius 1 is 1.06 bits per heavy atom. The summed E-state index contributed by atoms with van der Waals surface area (Å²) in [7, 11) is 0.711. The summed E-state index contributed by atoms with van der Waals surface area (Å²) >= 11 is 5.84. The van der Waals surface area contributed by atoms with Crippen LogP contribution in [0.1, 0.15) is 35.3 Å². The average Bonchev–Trinajstić information content (AvgIpc) is 2.74. The van der Waals surface area contributed by atoms with Gasteiger partial charge in [0.15, 0.2) is 23.3 Å². The van der Waals surface area contributed by atoms with Crippen molar-refractivity contribution in [3.63, 3.8) is 0 Å². The smallest absolute Gasteiger partial charge is 0.416 e. The standard InChI is InChI=1S/C21H17ClF7NO4/c1-8(2)20(19(32)33,30-12-5-4-9(6-11(12)22)21(27,28)29)7-10-14(23)16(25)13(18(31)34-3)17(26)15(10)24/h4-6,8,30H,7H2,1-3H3,(H,32,33)/p-1. The van der Waals surface area contributed by atoms with Crippen LogP contribution in [0.5, 0.6) is 0 Å². The first kappa shape index (κ1) is 27.2. The second kappa shape index (κ2) is 9.69. The van der Waals surface area contributed by atoms with E-state index in [1.807, 2.05) is 0 Å². The Morgan fingerprint density at radius 3 is 1.97 bits per heavy atom. The van der Waals surface area contributed by atoms with Crippen LogP contribution in [0.4, 0.5) is 36.4 Å². The number of hydrogen-bond acceptors (Lipinski definition) is 5. The summed E-state index contributed by atoms with van der Waals surface area (Å²) in [5, 5.41) is 13.8. The van der Waals surface area contributed by atoms with E-state index in [0.717, 1.165) is 6.07 Å². The van der Waals surface area contributed by atoms with E-state index in [0.29, 0.717) is 19.2 Å². The monoisotopic (exact) mass is 514 g/mol. The molecule has 0 saturated heterocycles. The fourth-order valence-electron chi connectivity index (χ4n) is 3.18. The van der Waals surface area contributed by atoms with Crippen LogP contribution in [-0.4, -0.2) is 24.6 Å². The second-order valence-corrected chi connectivity index (χ2v) is 7.92. The molecule has 186 valence electrons. The van der Waals surface area contributed by atoms with Crippen molar-refractivity contribution in [2.24, 2.45) is 5.92 Å². The number of halogens is 8. The van der Waals surface area contributed by atoms with Crippen molar-refractivity contribution in [3.8, 4) is 0 Å². The number of nitrogens with one attached hydrogen (secondary N) is 1. The molecule has 0 aliphatic rings. The highest BCUT2D eigenvalue weighted by Gasteiger charge is 2.41. The quantitative estimate of drug-likeness (QED) is 0.334. The third kappa shape index (κ3) is 4.91. The average molecular weight is 515 g/mol. The summed E-state index contributed by atoms with van der Waals surface area (Å²) in [6.45, 7) is 2.48. The molecular formula is C21H16ClF7NO4-. The number of esters is 1. The molecule has 0 radical (unpaired) electrons. The molecular weight excluding hydrogens is 499 g/mol. The third-order valence-corrected chi connectivity index (χ3v) is 5.52. The lowest BCUT2D eigenvalue weighted by Crippen LogP contribution is -2.59. The van der Waals surface area contributed by atoms with E-state index in [4.69, 9.17) is 11.6 Å². The van der Waals surface area contributed by atoms with Crippen molar-refractivity contribution < 1.29 is 50.2 Å². The van der Waals surface area contributed by atoms with Gasteiger partial charge in [-0.05, 0) is 24.1 Å². The van der Waals surface area contributed by atoms with E-state index < -0.39 is 81.0 Å². The summed E-state index contributed by atoms with van der Waals surface area (Å²) < 4.78 is 101. The molecule has 2 aromatic carbocycles. The fraction of sp³-hybridized carbons (Fsp3) is 0.333. The van der Waals surface area contributed by atoms with Gasteiger partial charge in [0.05, 0.1) is 34.9 Å². The lowest BCUT2D eigenvalue weighted by atomic mass is 9.79. The number of rotatable bonds is 7. The topological polar surface area (TPSA) is 78.5 Å². The molecule has 2 rings (SSSR count). The summed E-state index contributed by atoms with van der Waals surface area (Å²) in [6, 6.07) is 1.83. The van der Waals surface area contributed by atoms with Crippen LogP contribution in [0.2, 0.25) is 5.02 Å². The zero-order valence-corrected chi connectivity index (χ0v) is 18.4. The number of carbonyl (C=O) groups is 2. The minimum atomic E-state index is -4.77. The van der Waals surface area contributed by atoms with Crippen LogP contribution in [0.25, 0.3) is 0 Å². The van der Waals surface area contributed by atoms with E-state index in [1.165, 1.54) is 13.8 Å². The summed E-state index contributed by atoms with van der Waals surface area (Å²) in [4.78, 5) is 23.6. The number of benzene rings is 2. The van der Waals surface area contributed by atoms with Crippen LogP contribution < -0.4 is 10.4 Å². The number of aliphatic carboxylic acids is 1. The Balaban J connectivity index is 2.67. The lowest BCUT2D eigenvalue weighted by Gasteiger charge is -2.41. The maximum atomic E-state index is 14.7. The Labute approximate surface area is 193 Å². The molecule has 5 nitrogen and oxygen atoms in total. The van der Waals surface area contributed by atoms with E-state index >= 15 is 0 Å². The van der Waals surface area contributed by atoms with Gasteiger partial charge in [-0.15, -0.1) is 0 Å². The van der Waals surface area contributed by atoms with Gasteiger partial charge in [-0.25, -0.2) is 22.4 Å². The molecule has 0 saturated carbocycles. The Morgan fingerprint density at radius 2 is 1.59 bits per heavy atom. The van der Waals surface area contributed by atoms with Crippen molar-refractivity contribution >= 4 is 29.2 Å². The van der Waals surface area contributed by atoms with E-state index in [9.17, 15) is 45.4 Å². The van der Waals surface area contributed by atoms with Gasteiger partial charge in [0, 0.05) is 12.0 Å². The lowest BCUT2D eigenvalue weighted by molar-refractivity contribution is -0.313. The van der Waals surface area contributed by atoms with Gasteiger partial charge in [0.25, 0.3) is 0 Å². The van der Waals surface area contributed by atoms with E-state index in [1.54, 1.807) is 0 Å². The number of alkyl halides is 3. The largest absolute Gasteiger partial charge is 0.548 e. The van der Waals surface area contributed by atoms with Crippen molar-refractivity contribution in [1.29, 1.82) is 0 Å². The highest BCUT2D eigenvalue weighted by molar-refractivity contribution is 6.33. The number of ether oxygens (including phenoxy) is 1. The van der Waals surface area contributed by atoms with Crippen molar-refractivity contribution in [1.82, 2.24) is 0 Å². The molecule has 0 amide bonds. The van der Waals surface area contributed by atoms with Gasteiger partial charge < -0.3 is 20.0 Å². The highest BCUT2D eigenvalue weighted by Crippen LogP contribution is 2.37. The van der Waals surface area contributed by atoms with E-state index in [-0.39, 0.29) is 5.69 Å². The Hall–Kier alpha value is -3.02. The number of hydrogen-bond donors (Lipinski definition) is 1. The first-order valence-electron chi connectivity index (χ1n) is 9.38. The molecule has 1 N–H and O–H groups in total. The molecule has 0 heterocycles. The van der Waals surface area contributed by atoms with Crippen LogP contribution in [0.15, 0.2) is 18.2 Å². The molecule has 0 aromatic heterocycles. The predicted molar refractivity (Wildman–Crippen MR) is 104 cm³/mol. The minimum absolute atomic E-state index is 0.388. The molecule has 0 fully saturated rings. The predicted octanol–water partition coefficient (Wildman–Crippen LogP) is 4.50. The summed E-state index contributed by atoms with van der Waals surface area (Å²) in [6.07, 6.45) is -6.05. The summed E-state index contributed by atoms with van der Waals surface area (Å²) in [5.74, 6) is -13.2. The van der Waals surface area contributed by atoms with Gasteiger partial charge in [-0.2, -0.15) is 13.2 Å². The van der Waals surface area contributed by atoms with Gasteiger partial charge in [0.2, 0.25) is 0 Å². The fourth-order valence-corrected chi connectivity index (χ4v) is 3.40. The number of carboxylic acid groups (broad SMARTS) is 1. The number of carboxylic acids is 1. The molecule has 13 heteroatoms. The summed E-state index contributed by atoms with van der Waals surface area (Å²) in [5.41, 5.74) is -7.12. The van der Waals surface area contributed by atoms with Crippen LogP contribution in [0, 0.1) is 29.2 Å². The molecule has 2 aromatic rings. The molecule has 0 aliphatic carbocycles. The van der Waals surface area contributed by atoms with Crippen LogP contribution in [0.3, 0.4) is 0 Å². The zero-order chi connectivity index (χ0) is 26.2. The number of anilines is 1. The molecule has 0 spiro atoms. The van der Waals surface area contributed by atoms with E-state index in [2.05, 4.69) is 10.1 Å². The number of carbonyl (C=O) groups excluding carboxylic acids is 2. The number of methoxy groups -OCH3 is 1. The molecule has 1 atom stereocenters. The van der Waals surface area contributed by atoms with Gasteiger partial charge in [-0.1, -0.05) is 25.4 Å². The highest BCUT2D eigenvalue weighted by atomic mass is 35.5. The van der Waals surface area contributed by atoms with Gasteiger partial charge >= 0.3 is 12.1 Å². The van der Waals surface area contributed by atoms with Crippen molar-refractivity contribution in [3.05, 3.63) is 63.2 Å². The first-order chi connectivity index (χ1) is 15.6. The van der Waals surface area contributed by atoms with Gasteiger partial charge in [0.1, 0.15) is 5.56 Å². The van der Waals surface area contributed by atoms with Crippen molar-refractivity contribution in [2.45, 2.75) is 32.0 Å². The Bertz CT molecular complexity index is 1110. The minimum Gasteiger partial charge on any atom is -0.548 e. The molecule has 1 unspecified atom stereocenters. The molecule has 0 bridgehead atoms. The molecule has 34 heavy (non-hydrogen) atoms. The molecule has 0 aliphatic heterocycles. The maximum Gasteiger partial charge on any atom is 0.416 e. The maximum absolute atomic E-state index is 14.7. The first-order valence-corrected chi connectivity index (χ1v) is 9.75. The normalized spacial score (nSPS) is 13.5. The van der Waals surface area contributed by atoms with Crippen molar-refractivity contribution in [2.75, 3.05) is 12.4 Å². The van der Waals surface area contributed by atoms with Crippen LogP contribution >= 0.6 is 11.6 Å². The van der Waals surface area contributed by atoms with Crippen LogP contribution in [-0.2, 0) is 22.1 Å². The van der Waals surface area contributed by atoms with Gasteiger partial charge in [-0.3, -0.25) is 0 Å². The SMILES string of the molecule is COC(=O)c1c(F)c(F)c(CC(Nc2ccc(C(F)(F)F)cc2Cl)(C(=O)[O-])C(C)C)c(F)c1F. The zero-order valence-electron chi connectivity index (χ0n) is 17.7. The Kier molecular flexibility index (Phi) is 7.76. The second-order valence-electron chi connectivity index (χ2n) is 7.51. The third-order valence-electron chi connectivity index (χ3n) is 5.20.